The molecule has 134 valence electrons. The Bertz CT molecular complexity index is 570. The number of hydrazine groups is 1. The van der Waals surface area contributed by atoms with Crippen molar-refractivity contribution < 1.29 is 22.7 Å². The summed E-state index contributed by atoms with van der Waals surface area (Å²) in [6.07, 6.45) is -2.61. The number of benzene rings is 1. The van der Waals surface area contributed by atoms with Gasteiger partial charge in [-0.2, -0.15) is 18.2 Å². The molecule has 4 nitrogen and oxygen atoms in total. The van der Waals surface area contributed by atoms with Crippen molar-refractivity contribution in [1.82, 2.24) is 10.4 Å². The van der Waals surface area contributed by atoms with Crippen LogP contribution in [0, 0.1) is 0 Å². The van der Waals surface area contributed by atoms with E-state index >= 15 is 0 Å². The zero-order valence-corrected chi connectivity index (χ0v) is 14.1. The van der Waals surface area contributed by atoms with Crippen LogP contribution in [0.5, 0.6) is 5.75 Å². The van der Waals surface area contributed by atoms with Gasteiger partial charge >= 0.3 is 6.18 Å². The Morgan fingerprint density at radius 2 is 1.92 bits per heavy atom. The fourth-order valence-electron chi connectivity index (χ4n) is 2.78. The highest BCUT2D eigenvalue weighted by atomic mass is 19.4. The number of nitrogens with zero attached hydrogens (tertiary/aromatic N) is 1. The number of nitrogens with one attached hydrogen (secondary N) is 1. The summed E-state index contributed by atoms with van der Waals surface area (Å²) in [6.45, 7) is 5.80. The lowest BCUT2D eigenvalue weighted by atomic mass is 9.97. The molecule has 1 atom stereocenters. The molecular weight excluding hydrogens is 321 g/mol. The van der Waals surface area contributed by atoms with Crippen molar-refractivity contribution in [2.24, 2.45) is 0 Å². The van der Waals surface area contributed by atoms with Crippen molar-refractivity contribution in [3.63, 3.8) is 0 Å². The minimum atomic E-state index is -4.51. The number of alkyl halides is 3. The van der Waals surface area contributed by atoms with Crippen molar-refractivity contribution in [2.75, 3.05) is 6.61 Å². The third-order valence-corrected chi connectivity index (χ3v) is 4.02. The zero-order valence-electron chi connectivity index (χ0n) is 14.1. The first-order chi connectivity index (χ1) is 11.1. The minimum absolute atomic E-state index is 0.0256. The molecule has 1 saturated heterocycles. The summed E-state index contributed by atoms with van der Waals surface area (Å²) in [6, 6.07) is 3.98. The number of rotatable bonds is 6. The summed E-state index contributed by atoms with van der Waals surface area (Å²) >= 11 is 0. The monoisotopic (exact) mass is 344 g/mol. The molecule has 7 heteroatoms. The maximum absolute atomic E-state index is 13.7. The van der Waals surface area contributed by atoms with Crippen LogP contribution < -0.4 is 10.2 Å². The second kappa shape index (κ2) is 7.01. The van der Waals surface area contributed by atoms with E-state index in [1.807, 2.05) is 6.92 Å². The molecule has 0 spiro atoms. The molecule has 1 aromatic carbocycles. The predicted molar refractivity (Wildman–Crippen MR) is 84.3 cm³/mol. The number of carbonyl (C=O) groups is 1. The van der Waals surface area contributed by atoms with Crippen molar-refractivity contribution >= 4 is 5.91 Å². The normalized spacial score (nSPS) is 19.2. The van der Waals surface area contributed by atoms with Crippen LogP contribution in [0.1, 0.15) is 51.6 Å². The molecule has 0 aromatic heterocycles. The summed E-state index contributed by atoms with van der Waals surface area (Å²) in [5, 5.41) is 1.00. The fraction of sp³-hybridized carbons (Fsp3) is 0.588. The molecule has 0 aliphatic carbocycles. The SMILES string of the molecule is CCCCOc1ccc([C@H](N2NC(=O)CC2(C)C)C(F)(F)F)cc1. The van der Waals surface area contributed by atoms with Crippen molar-refractivity contribution in [2.45, 2.75) is 57.8 Å². The molecular formula is C17H23F3N2O2. The van der Waals surface area contributed by atoms with Crippen LogP contribution in [-0.2, 0) is 4.79 Å². The van der Waals surface area contributed by atoms with Crippen molar-refractivity contribution in [3.05, 3.63) is 29.8 Å². The van der Waals surface area contributed by atoms with E-state index in [-0.39, 0.29) is 12.0 Å². The van der Waals surface area contributed by atoms with E-state index in [0.29, 0.717) is 12.4 Å². The van der Waals surface area contributed by atoms with E-state index in [1.165, 1.54) is 24.3 Å². The highest BCUT2D eigenvalue weighted by molar-refractivity contribution is 5.79. The lowest BCUT2D eigenvalue weighted by Gasteiger charge is -2.37. The molecule has 0 saturated carbocycles. The summed E-state index contributed by atoms with van der Waals surface area (Å²) in [5.41, 5.74) is 1.50. The van der Waals surface area contributed by atoms with Gasteiger partial charge in [-0.05, 0) is 38.0 Å². The average molecular weight is 344 g/mol. The molecule has 1 aromatic rings. The van der Waals surface area contributed by atoms with Gasteiger partial charge in [0.25, 0.3) is 0 Å². The molecule has 1 fully saturated rings. The van der Waals surface area contributed by atoms with Crippen molar-refractivity contribution in [1.29, 1.82) is 0 Å². The van der Waals surface area contributed by atoms with Gasteiger partial charge < -0.3 is 4.74 Å². The molecule has 0 bridgehead atoms. The number of carbonyl (C=O) groups excluding carboxylic acids is 1. The minimum Gasteiger partial charge on any atom is -0.494 e. The molecule has 0 radical (unpaired) electrons. The van der Waals surface area contributed by atoms with Gasteiger partial charge in [-0.3, -0.25) is 10.2 Å². The van der Waals surface area contributed by atoms with Crippen LogP contribution in [0.25, 0.3) is 0 Å². The Kier molecular flexibility index (Phi) is 5.42. The number of amides is 1. The van der Waals surface area contributed by atoms with E-state index < -0.39 is 23.7 Å². The lowest BCUT2D eigenvalue weighted by molar-refractivity contribution is -0.203. The fourth-order valence-corrected chi connectivity index (χ4v) is 2.78. The van der Waals surface area contributed by atoms with Crippen LogP contribution >= 0.6 is 0 Å². The van der Waals surface area contributed by atoms with E-state index in [1.54, 1.807) is 13.8 Å². The maximum atomic E-state index is 13.7. The lowest BCUT2D eigenvalue weighted by Crippen LogP contribution is -2.51. The van der Waals surface area contributed by atoms with Gasteiger partial charge in [0.05, 0.1) is 6.61 Å². The van der Waals surface area contributed by atoms with E-state index in [9.17, 15) is 18.0 Å². The molecule has 24 heavy (non-hydrogen) atoms. The highest BCUT2D eigenvalue weighted by Crippen LogP contribution is 2.42. The van der Waals surface area contributed by atoms with Crippen LogP contribution in [0.15, 0.2) is 24.3 Å². The van der Waals surface area contributed by atoms with E-state index in [4.69, 9.17) is 4.74 Å². The summed E-state index contributed by atoms with van der Waals surface area (Å²) in [7, 11) is 0. The zero-order chi connectivity index (χ0) is 18.0. The summed E-state index contributed by atoms with van der Waals surface area (Å²) < 4.78 is 46.4. The predicted octanol–water partition coefficient (Wildman–Crippen LogP) is 3.98. The van der Waals surface area contributed by atoms with Gasteiger partial charge in [-0.25, -0.2) is 0 Å². The first-order valence-electron chi connectivity index (χ1n) is 8.03. The number of hydrogen-bond acceptors (Lipinski definition) is 3. The van der Waals surface area contributed by atoms with Gasteiger partial charge in [0.1, 0.15) is 5.75 Å². The second-order valence-electron chi connectivity index (χ2n) is 6.61. The number of hydrogen-bond donors (Lipinski definition) is 1. The highest BCUT2D eigenvalue weighted by Gasteiger charge is 2.52. The summed E-state index contributed by atoms with van der Waals surface area (Å²) in [4.78, 5) is 11.6. The van der Waals surface area contributed by atoms with Gasteiger partial charge in [0.15, 0.2) is 6.04 Å². The Labute approximate surface area is 139 Å². The van der Waals surface area contributed by atoms with Crippen LogP contribution in [0.2, 0.25) is 0 Å². The second-order valence-corrected chi connectivity index (χ2v) is 6.61. The largest absolute Gasteiger partial charge is 0.494 e. The smallest absolute Gasteiger partial charge is 0.409 e. The molecule has 1 heterocycles. The van der Waals surface area contributed by atoms with Crippen LogP contribution in [0.3, 0.4) is 0 Å². The van der Waals surface area contributed by atoms with Gasteiger partial charge in [0, 0.05) is 12.0 Å². The Morgan fingerprint density at radius 3 is 2.38 bits per heavy atom. The number of ether oxygens (including phenoxy) is 1. The molecule has 1 aliphatic rings. The topological polar surface area (TPSA) is 41.6 Å². The Balaban J connectivity index is 2.24. The Hall–Kier alpha value is -1.76. The van der Waals surface area contributed by atoms with E-state index in [2.05, 4.69) is 5.43 Å². The van der Waals surface area contributed by atoms with Crippen LogP contribution in [-0.4, -0.2) is 29.2 Å². The average Bonchev–Trinajstić information content (AvgIpc) is 2.72. The van der Waals surface area contributed by atoms with Crippen molar-refractivity contribution in [3.8, 4) is 5.75 Å². The quantitative estimate of drug-likeness (QED) is 0.794. The number of halogens is 3. The van der Waals surface area contributed by atoms with E-state index in [0.717, 1.165) is 17.9 Å². The molecule has 1 aliphatic heterocycles. The molecule has 2 rings (SSSR count). The first kappa shape index (κ1) is 18.6. The molecule has 0 unspecified atom stereocenters. The molecule has 1 amide bonds. The molecule has 1 N–H and O–H groups in total. The maximum Gasteiger partial charge on any atom is 0.409 e. The van der Waals surface area contributed by atoms with Gasteiger partial charge in [-0.1, -0.05) is 25.5 Å². The first-order valence-corrected chi connectivity index (χ1v) is 8.03. The summed E-state index contributed by atoms with van der Waals surface area (Å²) in [5.74, 6) is 0.131. The van der Waals surface area contributed by atoms with Gasteiger partial charge in [-0.15, -0.1) is 0 Å². The standard InChI is InChI=1S/C17H23F3N2O2/c1-4-5-10-24-13-8-6-12(7-9-13)15(17(18,19)20)22-16(2,3)11-14(23)21-22/h6-9,15H,4-5,10-11H2,1-3H3,(H,21,23)/t15-/m0/s1. The third kappa shape index (κ3) is 4.20. The third-order valence-electron chi connectivity index (χ3n) is 4.02. The number of unbranched alkanes of at least 4 members (excludes halogenated alkanes) is 1. The van der Waals surface area contributed by atoms with Gasteiger partial charge in [0.2, 0.25) is 5.91 Å². The Morgan fingerprint density at radius 1 is 1.29 bits per heavy atom. The van der Waals surface area contributed by atoms with Crippen LogP contribution in [0.4, 0.5) is 13.2 Å².